The van der Waals surface area contributed by atoms with Crippen molar-refractivity contribution in [3.8, 4) is 5.75 Å². The quantitative estimate of drug-likeness (QED) is 0.553. The summed E-state index contributed by atoms with van der Waals surface area (Å²) in [5, 5.41) is 13.4. The Morgan fingerprint density at radius 3 is 2.76 bits per heavy atom. The lowest BCUT2D eigenvalue weighted by atomic mass is 10.3. The van der Waals surface area contributed by atoms with Crippen molar-refractivity contribution in [1.29, 1.82) is 0 Å². The summed E-state index contributed by atoms with van der Waals surface area (Å²) in [7, 11) is 0. The Kier molecular flexibility index (Phi) is 6.70. The van der Waals surface area contributed by atoms with Gasteiger partial charge in [0.1, 0.15) is 18.5 Å². The summed E-state index contributed by atoms with van der Waals surface area (Å²) in [6, 6.07) is 7.07. The van der Waals surface area contributed by atoms with E-state index < -0.39 is 6.10 Å². The van der Waals surface area contributed by atoms with Crippen molar-refractivity contribution >= 4 is 11.6 Å². The van der Waals surface area contributed by atoms with Crippen molar-refractivity contribution in [3.63, 3.8) is 0 Å². The second kappa shape index (κ2) is 8.12. The highest BCUT2D eigenvalue weighted by Crippen LogP contribution is 2.15. The van der Waals surface area contributed by atoms with Gasteiger partial charge in [-0.3, -0.25) is 0 Å². The second-order valence-corrected chi connectivity index (χ2v) is 4.14. The number of hydrogen-bond donors (Lipinski definition) is 2. The SMILES string of the molecule is C=CCCNCC(O)COc1ccc(Cl)cc1. The van der Waals surface area contributed by atoms with E-state index in [1.54, 1.807) is 24.3 Å². The summed E-state index contributed by atoms with van der Waals surface area (Å²) >= 11 is 5.75. The van der Waals surface area contributed by atoms with Crippen LogP contribution in [0.1, 0.15) is 6.42 Å². The average Bonchev–Trinajstić information content (AvgIpc) is 2.34. The molecule has 0 saturated heterocycles. The first-order valence-electron chi connectivity index (χ1n) is 5.60. The van der Waals surface area contributed by atoms with Crippen LogP contribution in [0.15, 0.2) is 36.9 Å². The lowest BCUT2D eigenvalue weighted by Crippen LogP contribution is -2.31. The van der Waals surface area contributed by atoms with Gasteiger partial charge < -0.3 is 15.2 Å². The van der Waals surface area contributed by atoms with Crippen LogP contribution in [0.2, 0.25) is 5.02 Å². The molecule has 1 atom stereocenters. The molecule has 0 radical (unpaired) electrons. The molecule has 94 valence electrons. The average molecular weight is 256 g/mol. The van der Waals surface area contributed by atoms with Gasteiger partial charge in [-0.05, 0) is 37.2 Å². The number of halogens is 1. The topological polar surface area (TPSA) is 41.5 Å². The van der Waals surface area contributed by atoms with E-state index in [4.69, 9.17) is 16.3 Å². The number of benzene rings is 1. The van der Waals surface area contributed by atoms with Crippen LogP contribution in [0.4, 0.5) is 0 Å². The molecule has 0 aromatic heterocycles. The predicted molar refractivity (Wildman–Crippen MR) is 70.6 cm³/mol. The van der Waals surface area contributed by atoms with Gasteiger partial charge in [-0.2, -0.15) is 0 Å². The molecule has 0 saturated carbocycles. The summed E-state index contributed by atoms with van der Waals surface area (Å²) in [6.07, 6.45) is 2.21. The summed E-state index contributed by atoms with van der Waals surface area (Å²) in [5.41, 5.74) is 0. The Hall–Kier alpha value is -1.03. The highest BCUT2D eigenvalue weighted by atomic mass is 35.5. The molecule has 0 bridgehead atoms. The van der Waals surface area contributed by atoms with Crippen molar-refractivity contribution in [2.45, 2.75) is 12.5 Å². The Morgan fingerprint density at radius 1 is 1.41 bits per heavy atom. The molecule has 3 nitrogen and oxygen atoms in total. The van der Waals surface area contributed by atoms with Crippen LogP contribution >= 0.6 is 11.6 Å². The van der Waals surface area contributed by atoms with Gasteiger partial charge in [-0.15, -0.1) is 6.58 Å². The molecule has 1 aromatic carbocycles. The minimum absolute atomic E-state index is 0.267. The zero-order valence-corrected chi connectivity index (χ0v) is 10.5. The number of hydrogen-bond acceptors (Lipinski definition) is 3. The van der Waals surface area contributed by atoms with Crippen molar-refractivity contribution < 1.29 is 9.84 Å². The zero-order chi connectivity index (χ0) is 12.5. The van der Waals surface area contributed by atoms with Crippen molar-refractivity contribution in [2.24, 2.45) is 0 Å². The largest absolute Gasteiger partial charge is 0.491 e. The van der Waals surface area contributed by atoms with Crippen LogP contribution in [-0.2, 0) is 0 Å². The van der Waals surface area contributed by atoms with E-state index in [9.17, 15) is 5.11 Å². The highest BCUT2D eigenvalue weighted by Gasteiger charge is 2.04. The van der Waals surface area contributed by atoms with Gasteiger partial charge >= 0.3 is 0 Å². The molecule has 1 aromatic rings. The van der Waals surface area contributed by atoms with Gasteiger partial charge in [0, 0.05) is 11.6 Å². The Morgan fingerprint density at radius 2 is 2.12 bits per heavy atom. The number of aliphatic hydroxyl groups excluding tert-OH is 1. The van der Waals surface area contributed by atoms with Crippen LogP contribution in [0.5, 0.6) is 5.75 Å². The summed E-state index contributed by atoms with van der Waals surface area (Å²) in [4.78, 5) is 0. The molecule has 4 heteroatoms. The molecular formula is C13H18ClNO2. The van der Waals surface area contributed by atoms with E-state index >= 15 is 0 Å². The Labute approximate surface area is 107 Å². The number of ether oxygens (including phenoxy) is 1. The van der Waals surface area contributed by atoms with Crippen LogP contribution in [0.25, 0.3) is 0 Å². The molecule has 1 rings (SSSR count). The van der Waals surface area contributed by atoms with Gasteiger partial charge in [0.15, 0.2) is 0 Å². The fourth-order valence-electron chi connectivity index (χ4n) is 1.25. The van der Waals surface area contributed by atoms with Gasteiger partial charge in [0.05, 0.1) is 0 Å². The maximum absolute atomic E-state index is 9.63. The Balaban J connectivity index is 2.16. The third kappa shape index (κ3) is 6.31. The standard InChI is InChI=1S/C13H18ClNO2/c1-2-3-8-15-9-12(16)10-17-13-6-4-11(14)5-7-13/h2,4-7,12,15-16H,1,3,8-10H2. The number of aliphatic hydroxyl groups is 1. The molecule has 2 N–H and O–H groups in total. The van der Waals surface area contributed by atoms with Crippen molar-refractivity contribution in [3.05, 3.63) is 41.9 Å². The highest BCUT2D eigenvalue weighted by molar-refractivity contribution is 6.30. The Bertz CT molecular complexity index is 327. The molecule has 0 heterocycles. The zero-order valence-electron chi connectivity index (χ0n) is 9.73. The summed E-state index contributed by atoms with van der Waals surface area (Å²) < 4.78 is 5.41. The first-order valence-corrected chi connectivity index (χ1v) is 5.98. The normalized spacial score (nSPS) is 12.1. The maximum Gasteiger partial charge on any atom is 0.119 e. The van der Waals surface area contributed by atoms with E-state index in [-0.39, 0.29) is 6.61 Å². The van der Waals surface area contributed by atoms with E-state index in [1.807, 2.05) is 6.08 Å². The third-order valence-corrected chi connectivity index (χ3v) is 2.41. The second-order valence-electron chi connectivity index (χ2n) is 3.70. The molecule has 0 amide bonds. The number of rotatable bonds is 8. The summed E-state index contributed by atoms with van der Waals surface area (Å²) in [5.74, 6) is 0.708. The molecule has 17 heavy (non-hydrogen) atoms. The minimum atomic E-state index is -0.518. The summed E-state index contributed by atoms with van der Waals surface area (Å²) in [6.45, 7) is 5.23. The monoisotopic (exact) mass is 255 g/mol. The van der Waals surface area contributed by atoms with Crippen LogP contribution in [0.3, 0.4) is 0 Å². The third-order valence-electron chi connectivity index (χ3n) is 2.16. The molecule has 0 fully saturated rings. The van der Waals surface area contributed by atoms with Crippen LogP contribution < -0.4 is 10.1 Å². The fraction of sp³-hybridized carbons (Fsp3) is 0.385. The van der Waals surface area contributed by atoms with E-state index in [0.717, 1.165) is 13.0 Å². The molecule has 0 aliphatic carbocycles. The van der Waals surface area contributed by atoms with E-state index in [2.05, 4.69) is 11.9 Å². The smallest absolute Gasteiger partial charge is 0.119 e. The van der Waals surface area contributed by atoms with Crippen LogP contribution in [0, 0.1) is 0 Å². The number of nitrogens with one attached hydrogen (secondary N) is 1. The molecule has 0 aliphatic rings. The predicted octanol–water partition coefficient (Wildman–Crippen LogP) is 2.25. The lowest BCUT2D eigenvalue weighted by Gasteiger charge is -2.12. The van der Waals surface area contributed by atoms with Crippen molar-refractivity contribution in [2.75, 3.05) is 19.7 Å². The first-order chi connectivity index (χ1) is 8.22. The first kappa shape index (κ1) is 14.0. The molecule has 0 aliphatic heterocycles. The van der Waals surface area contributed by atoms with E-state index in [1.165, 1.54) is 0 Å². The molecular weight excluding hydrogens is 238 g/mol. The van der Waals surface area contributed by atoms with Gasteiger partial charge in [0.2, 0.25) is 0 Å². The van der Waals surface area contributed by atoms with Gasteiger partial charge in [0.25, 0.3) is 0 Å². The van der Waals surface area contributed by atoms with E-state index in [0.29, 0.717) is 17.3 Å². The molecule has 1 unspecified atom stereocenters. The maximum atomic E-state index is 9.63. The lowest BCUT2D eigenvalue weighted by molar-refractivity contribution is 0.107. The van der Waals surface area contributed by atoms with Gasteiger partial charge in [-0.25, -0.2) is 0 Å². The fourth-order valence-corrected chi connectivity index (χ4v) is 1.38. The minimum Gasteiger partial charge on any atom is -0.491 e. The van der Waals surface area contributed by atoms with Crippen molar-refractivity contribution in [1.82, 2.24) is 5.32 Å². The van der Waals surface area contributed by atoms with Gasteiger partial charge in [-0.1, -0.05) is 17.7 Å². The van der Waals surface area contributed by atoms with Crippen LogP contribution in [-0.4, -0.2) is 30.9 Å². The molecule has 0 spiro atoms.